The Morgan fingerprint density at radius 2 is 2.23 bits per heavy atom. The van der Waals surface area contributed by atoms with Crippen LogP contribution in [0.5, 0.6) is 0 Å². The van der Waals surface area contributed by atoms with Gasteiger partial charge in [-0.1, -0.05) is 0 Å². The topological polar surface area (TPSA) is 84.7 Å². The van der Waals surface area contributed by atoms with Crippen molar-refractivity contribution in [3.63, 3.8) is 0 Å². The van der Waals surface area contributed by atoms with Crippen LogP contribution < -0.4 is 10.6 Å². The van der Waals surface area contributed by atoms with Crippen molar-refractivity contribution in [2.45, 2.75) is 18.6 Å². The minimum absolute atomic E-state index is 0. The molecular weight excluding hydrogens is 311 g/mol. The van der Waals surface area contributed by atoms with Crippen LogP contribution in [0, 0.1) is 0 Å². The third-order valence-corrected chi connectivity index (χ3v) is 3.37. The summed E-state index contributed by atoms with van der Waals surface area (Å²) >= 11 is 0. The number of halogens is 2. The standard InChI is InChI=1S/C13H15FN6O.ClH/c14-10-4-11(16-5-10)6-17-13(21)9-1-2-15-12(3-9)20-7-18-19-8-20;/h1-3,7-8,10-11,16H,4-6H2,(H,17,21);1H/t10-,11-;/m0./s1. The van der Waals surface area contributed by atoms with Crippen LogP contribution in [0.25, 0.3) is 5.82 Å². The molecule has 1 saturated heterocycles. The molecule has 22 heavy (non-hydrogen) atoms. The number of hydrogen-bond donors (Lipinski definition) is 2. The van der Waals surface area contributed by atoms with Gasteiger partial charge in [-0.3, -0.25) is 9.36 Å². The molecule has 3 heterocycles. The first kappa shape index (κ1) is 16.3. The molecule has 118 valence electrons. The molecule has 1 fully saturated rings. The molecule has 9 heteroatoms. The van der Waals surface area contributed by atoms with E-state index in [2.05, 4.69) is 25.8 Å². The number of rotatable bonds is 4. The molecule has 0 saturated carbocycles. The molecule has 2 atom stereocenters. The molecular formula is C13H16ClFN6O. The number of carbonyl (C=O) groups is 1. The van der Waals surface area contributed by atoms with Crippen LogP contribution in [0.1, 0.15) is 16.8 Å². The summed E-state index contributed by atoms with van der Waals surface area (Å²) < 4.78 is 14.6. The van der Waals surface area contributed by atoms with Crippen molar-refractivity contribution in [3.05, 3.63) is 36.5 Å². The van der Waals surface area contributed by atoms with E-state index in [-0.39, 0.29) is 24.4 Å². The maximum atomic E-state index is 13.0. The van der Waals surface area contributed by atoms with E-state index in [1.807, 2.05) is 0 Å². The molecule has 0 bridgehead atoms. The zero-order valence-corrected chi connectivity index (χ0v) is 12.5. The van der Waals surface area contributed by atoms with Crippen LogP contribution >= 0.6 is 12.4 Å². The van der Waals surface area contributed by atoms with Crippen molar-refractivity contribution >= 4 is 18.3 Å². The second-order valence-corrected chi connectivity index (χ2v) is 4.92. The van der Waals surface area contributed by atoms with Gasteiger partial charge in [0.05, 0.1) is 0 Å². The van der Waals surface area contributed by atoms with E-state index in [1.54, 1.807) is 22.9 Å². The molecule has 0 spiro atoms. The highest BCUT2D eigenvalue weighted by atomic mass is 35.5. The van der Waals surface area contributed by atoms with Crippen molar-refractivity contribution in [2.75, 3.05) is 13.1 Å². The summed E-state index contributed by atoms with van der Waals surface area (Å²) in [5, 5.41) is 13.2. The lowest BCUT2D eigenvalue weighted by atomic mass is 10.2. The second kappa shape index (κ2) is 7.28. The predicted octanol–water partition coefficient (Wildman–Crippen LogP) is 0.514. The fraction of sp³-hybridized carbons (Fsp3) is 0.385. The largest absolute Gasteiger partial charge is 0.350 e. The SMILES string of the molecule is Cl.O=C(NC[C@@H]1C[C@H](F)CN1)c1ccnc(-n2cnnc2)c1. The number of alkyl halides is 1. The first-order valence-corrected chi connectivity index (χ1v) is 6.69. The molecule has 1 aliphatic heterocycles. The summed E-state index contributed by atoms with van der Waals surface area (Å²) in [5.74, 6) is 0.353. The van der Waals surface area contributed by atoms with Crippen molar-refractivity contribution in [3.8, 4) is 5.82 Å². The molecule has 1 amide bonds. The van der Waals surface area contributed by atoms with Gasteiger partial charge in [-0.25, -0.2) is 9.37 Å². The summed E-state index contributed by atoms with van der Waals surface area (Å²) in [5.41, 5.74) is 0.489. The fourth-order valence-electron chi connectivity index (χ4n) is 2.26. The van der Waals surface area contributed by atoms with Crippen molar-refractivity contribution in [1.29, 1.82) is 0 Å². The second-order valence-electron chi connectivity index (χ2n) is 4.92. The number of aromatic nitrogens is 4. The Labute approximate surface area is 132 Å². The number of nitrogens with zero attached hydrogens (tertiary/aromatic N) is 4. The van der Waals surface area contributed by atoms with Crippen molar-refractivity contribution in [2.24, 2.45) is 0 Å². The Hall–Kier alpha value is -2.06. The lowest BCUT2D eigenvalue weighted by molar-refractivity contribution is 0.0950. The first-order valence-electron chi connectivity index (χ1n) is 6.69. The molecule has 1 aliphatic rings. The molecule has 2 aromatic rings. The van der Waals surface area contributed by atoms with E-state index in [0.717, 1.165) is 0 Å². The number of amides is 1. The first-order chi connectivity index (χ1) is 10.2. The summed E-state index contributed by atoms with van der Waals surface area (Å²) in [7, 11) is 0. The smallest absolute Gasteiger partial charge is 0.251 e. The van der Waals surface area contributed by atoms with Crippen LogP contribution in [0.2, 0.25) is 0 Å². The summed E-state index contributed by atoms with van der Waals surface area (Å²) in [6.45, 7) is 0.761. The van der Waals surface area contributed by atoms with Gasteiger partial charge in [-0.15, -0.1) is 22.6 Å². The van der Waals surface area contributed by atoms with Gasteiger partial charge in [-0.05, 0) is 18.6 Å². The third kappa shape index (κ3) is 3.77. The lowest BCUT2D eigenvalue weighted by Gasteiger charge is -2.11. The van der Waals surface area contributed by atoms with E-state index in [9.17, 15) is 9.18 Å². The summed E-state index contributed by atoms with van der Waals surface area (Å²) in [6.07, 6.45) is 4.17. The van der Waals surface area contributed by atoms with E-state index in [4.69, 9.17) is 0 Å². The van der Waals surface area contributed by atoms with E-state index >= 15 is 0 Å². The van der Waals surface area contributed by atoms with Gasteiger partial charge in [0.15, 0.2) is 0 Å². The minimum Gasteiger partial charge on any atom is -0.350 e. The molecule has 0 radical (unpaired) electrons. The van der Waals surface area contributed by atoms with Gasteiger partial charge in [0.2, 0.25) is 0 Å². The Morgan fingerprint density at radius 1 is 1.45 bits per heavy atom. The lowest BCUT2D eigenvalue weighted by Crippen LogP contribution is -2.37. The Balaban J connectivity index is 0.00000176. The van der Waals surface area contributed by atoms with Crippen molar-refractivity contribution in [1.82, 2.24) is 30.4 Å². The van der Waals surface area contributed by atoms with Gasteiger partial charge in [-0.2, -0.15) is 0 Å². The highest BCUT2D eigenvalue weighted by Crippen LogP contribution is 2.10. The van der Waals surface area contributed by atoms with Gasteiger partial charge < -0.3 is 10.6 Å². The van der Waals surface area contributed by atoms with Gasteiger partial charge in [0.1, 0.15) is 24.6 Å². The number of nitrogens with one attached hydrogen (secondary N) is 2. The zero-order valence-electron chi connectivity index (χ0n) is 11.6. The van der Waals surface area contributed by atoms with Crippen LogP contribution in [0.4, 0.5) is 4.39 Å². The maximum Gasteiger partial charge on any atom is 0.251 e. The normalized spacial score (nSPS) is 20.4. The number of carbonyl (C=O) groups excluding carboxylic acids is 1. The Bertz CT molecular complexity index is 623. The van der Waals surface area contributed by atoms with E-state index in [1.165, 1.54) is 12.7 Å². The fourth-order valence-corrected chi connectivity index (χ4v) is 2.26. The van der Waals surface area contributed by atoms with Gasteiger partial charge in [0.25, 0.3) is 5.91 Å². The molecule has 0 aliphatic carbocycles. The Kier molecular flexibility index (Phi) is 5.40. The number of pyridine rings is 1. The van der Waals surface area contributed by atoms with E-state index < -0.39 is 6.17 Å². The van der Waals surface area contributed by atoms with Crippen LogP contribution in [0.15, 0.2) is 31.0 Å². The average Bonchev–Trinajstić information content (AvgIpc) is 3.16. The predicted molar refractivity (Wildman–Crippen MR) is 80.0 cm³/mol. The highest BCUT2D eigenvalue weighted by molar-refractivity contribution is 5.94. The molecule has 7 nitrogen and oxygen atoms in total. The van der Waals surface area contributed by atoms with Crippen LogP contribution in [-0.4, -0.2) is 51.0 Å². The maximum absolute atomic E-state index is 13.0. The van der Waals surface area contributed by atoms with Crippen LogP contribution in [0.3, 0.4) is 0 Å². The minimum atomic E-state index is -0.826. The molecule has 0 unspecified atom stereocenters. The highest BCUT2D eigenvalue weighted by Gasteiger charge is 2.23. The summed E-state index contributed by atoms with van der Waals surface area (Å²) in [4.78, 5) is 16.3. The van der Waals surface area contributed by atoms with E-state index in [0.29, 0.717) is 30.9 Å². The Morgan fingerprint density at radius 3 is 2.91 bits per heavy atom. The monoisotopic (exact) mass is 326 g/mol. The third-order valence-electron chi connectivity index (χ3n) is 3.37. The quantitative estimate of drug-likeness (QED) is 0.855. The number of hydrogen-bond acceptors (Lipinski definition) is 5. The van der Waals surface area contributed by atoms with Gasteiger partial charge >= 0.3 is 0 Å². The zero-order chi connectivity index (χ0) is 14.7. The molecule has 2 N–H and O–H groups in total. The van der Waals surface area contributed by atoms with Crippen molar-refractivity contribution < 1.29 is 9.18 Å². The molecule has 0 aromatic carbocycles. The van der Waals surface area contributed by atoms with Crippen LogP contribution in [-0.2, 0) is 0 Å². The molecule has 2 aromatic heterocycles. The van der Waals surface area contributed by atoms with Gasteiger partial charge in [0, 0.05) is 30.9 Å². The average molecular weight is 327 g/mol. The summed E-state index contributed by atoms with van der Waals surface area (Å²) in [6, 6.07) is 3.27. The molecule has 3 rings (SSSR count).